The van der Waals surface area contributed by atoms with Crippen molar-refractivity contribution < 1.29 is 4.79 Å². The molecule has 0 radical (unpaired) electrons. The summed E-state index contributed by atoms with van der Waals surface area (Å²) in [4.78, 5) is 11.6. The van der Waals surface area contributed by atoms with Crippen LogP contribution in [0.1, 0.15) is 66.9 Å². The maximum Gasteiger partial charge on any atom is 0.228 e. The zero-order valence-corrected chi connectivity index (χ0v) is 13.1. The van der Waals surface area contributed by atoms with Crippen molar-refractivity contribution in [2.45, 2.75) is 58.8 Å². The minimum atomic E-state index is 0.0154. The van der Waals surface area contributed by atoms with Crippen molar-refractivity contribution in [3.63, 3.8) is 0 Å². The Morgan fingerprint density at radius 1 is 1.11 bits per heavy atom. The van der Waals surface area contributed by atoms with E-state index in [4.69, 9.17) is 0 Å². The average molecular weight is 311 g/mol. The highest BCUT2D eigenvalue weighted by molar-refractivity contribution is 9.18. The van der Waals surface area contributed by atoms with Crippen LogP contribution in [0.4, 0.5) is 0 Å². The van der Waals surface area contributed by atoms with E-state index < -0.39 is 0 Å². The molecule has 0 atom stereocenters. The van der Waals surface area contributed by atoms with Crippen LogP contribution in [0.25, 0.3) is 0 Å². The first kappa shape index (κ1) is 15.4. The first-order chi connectivity index (χ1) is 8.66. The van der Waals surface area contributed by atoms with Crippen molar-refractivity contribution in [1.29, 1.82) is 0 Å². The van der Waals surface area contributed by atoms with E-state index in [-0.39, 0.29) is 4.69 Å². The minimum Gasteiger partial charge on any atom is -0.281 e. The molecular weight excluding hydrogens is 288 g/mol. The molecular formula is C16H23BrO. The van der Waals surface area contributed by atoms with Gasteiger partial charge in [-0.2, -0.15) is 0 Å². The Bertz CT molecular complexity index is 385. The maximum absolute atomic E-state index is 11.6. The lowest BCUT2D eigenvalue weighted by molar-refractivity contribution is 0.109. The van der Waals surface area contributed by atoms with Crippen molar-refractivity contribution in [3.05, 3.63) is 34.9 Å². The van der Waals surface area contributed by atoms with E-state index >= 15 is 0 Å². The number of carbonyl (C=O) groups is 1. The van der Waals surface area contributed by atoms with Gasteiger partial charge in [0.25, 0.3) is 0 Å². The molecule has 0 fully saturated rings. The van der Waals surface area contributed by atoms with Gasteiger partial charge in [0.1, 0.15) is 0 Å². The fourth-order valence-electron chi connectivity index (χ4n) is 2.31. The fraction of sp³-hybridized carbons (Fsp3) is 0.562. The van der Waals surface area contributed by atoms with E-state index in [1.165, 1.54) is 44.1 Å². The molecule has 1 rings (SSSR count). The number of hydrogen-bond acceptors (Lipinski definition) is 1. The molecule has 0 saturated heterocycles. The van der Waals surface area contributed by atoms with Gasteiger partial charge in [-0.1, -0.05) is 57.2 Å². The average Bonchev–Trinajstić information content (AvgIpc) is 2.33. The summed E-state index contributed by atoms with van der Waals surface area (Å²) in [6, 6.07) is 6.12. The van der Waals surface area contributed by atoms with Crippen molar-refractivity contribution in [2.75, 3.05) is 0 Å². The number of halogens is 1. The molecule has 100 valence electrons. The molecule has 0 N–H and O–H groups in total. The van der Waals surface area contributed by atoms with Gasteiger partial charge >= 0.3 is 0 Å². The van der Waals surface area contributed by atoms with E-state index in [0.29, 0.717) is 0 Å². The Balaban J connectivity index is 2.47. The van der Waals surface area contributed by atoms with Gasteiger partial charge in [-0.25, -0.2) is 0 Å². The van der Waals surface area contributed by atoms with E-state index in [1.807, 2.05) is 19.1 Å². The van der Waals surface area contributed by atoms with E-state index in [0.717, 1.165) is 17.5 Å². The molecule has 1 nitrogen and oxygen atoms in total. The van der Waals surface area contributed by atoms with Crippen LogP contribution >= 0.6 is 15.9 Å². The second kappa shape index (κ2) is 8.47. The van der Waals surface area contributed by atoms with Gasteiger partial charge < -0.3 is 0 Å². The largest absolute Gasteiger partial charge is 0.281 e. The summed E-state index contributed by atoms with van der Waals surface area (Å²) in [5.74, 6) is 0. The summed E-state index contributed by atoms with van der Waals surface area (Å²) in [5.41, 5.74) is 3.12. The monoisotopic (exact) mass is 310 g/mol. The molecule has 0 amide bonds. The summed E-state index contributed by atoms with van der Waals surface area (Å²) >= 11 is 3.09. The summed E-state index contributed by atoms with van der Waals surface area (Å²) in [7, 11) is 0. The topological polar surface area (TPSA) is 17.1 Å². The van der Waals surface area contributed by atoms with Crippen molar-refractivity contribution >= 4 is 20.6 Å². The number of benzene rings is 1. The third-order valence-corrected chi connectivity index (χ3v) is 3.75. The molecule has 0 spiro atoms. The summed E-state index contributed by atoms with van der Waals surface area (Å²) in [5, 5.41) is 0. The molecule has 0 unspecified atom stereocenters. The van der Waals surface area contributed by atoms with Gasteiger partial charge in [-0.15, -0.1) is 0 Å². The van der Waals surface area contributed by atoms with Crippen molar-refractivity contribution in [2.24, 2.45) is 0 Å². The number of carbonyl (C=O) groups excluding carboxylic acids is 1. The molecule has 0 aliphatic carbocycles. The number of aryl methyl sites for hydroxylation is 2. The van der Waals surface area contributed by atoms with Gasteiger partial charge in [0.2, 0.25) is 4.69 Å². The molecule has 0 bridgehead atoms. The Labute approximate surface area is 119 Å². The normalized spacial score (nSPS) is 10.6. The van der Waals surface area contributed by atoms with Crippen molar-refractivity contribution in [1.82, 2.24) is 0 Å². The third-order valence-electron chi connectivity index (χ3n) is 3.36. The number of unbranched alkanes of at least 4 members (excludes halogenated alkanes) is 5. The van der Waals surface area contributed by atoms with Crippen LogP contribution in [-0.4, -0.2) is 4.69 Å². The second-order valence-electron chi connectivity index (χ2n) is 4.90. The predicted molar refractivity (Wildman–Crippen MR) is 81.5 cm³/mol. The third kappa shape index (κ3) is 4.93. The van der Waals surface area contributed by atoms with Gasteiger partial charge in [0.15, 0.2) is 0 Å². The smallest absolute Gasteiger partial charge is 0.228 e. The molecule has 18 heavy (non-hydrogen) atoms. The van der Waals surface area contributed by atoms with Gasteiger partial charge in [0.05, 0.1) is 0 Å². The highest BCUT2D eigenvalue weighted by atomic mass is 79.9. The number of hydrogen-bond donors (Lipinski definition) is 0. The van der Waals surface area contributed by atoms with Gasteiger partial charge in [0, 0.05) is 5.56 Å². The molecule has 0 aliphatic heterocycles. The number of rotatable bonds is 8. The summed E-state index contributed by atoms with van der Waals surface area (Å²) in [6.45, 7) is 4.24. The summed E-state index contributed by atoms with van der Waals surface area (Å²) in [6.07, 6.45) is 8.76. The summed E-state index contributed by atoms with van der Waals surface area (Å²) < 4.78 is 0.0154. The zero-order chi connectivity index (χ0) is 13.4. The standard InChI is InChI=1S/C16H23BrO/c1-3-4-5-6-7-8-11-14-12-9-10-13(2)15(14)16(17)18/h9-10,12H,3-8,11H2,1-2H3. The van der Waals surface area contributed by atoms with E-state index in [1.54, 1.807) is 0 Å². The molecule has 1 aromatic rings. The molecule has 0 aromatic heterocycles. The van der Waals surface area contributed by atoms with Crippen LogP contribution < -0.4 is 0 Å². The highest BCUT2D eigenvalue weighted by Gasteiger charge is 2.10. The molecule has 2 heteroatoms. The van der Waals surface area contributed by atoms with Crippen LogP contribution in [0.15, 0.2) is 18.2 Å². The van der Waals surface area contributed by atoms with Crippen LogP contribution in [-0.2, 0) is 6.42 Å². The molecule has 0 heterocycles. The van der Waals surface area contributed by atoms with Gasteiger partial charge in [-0.05, 0) is 46.8 Å². The van der Waals surface area contributed by atoms with Crippen LogP contribution in [0.3, 0.4) is 0 Å². The first-order valence-corrected chi connectivity index (χ1v) is 7.74. The Morgan fingerprint density at radius 3 is 2.44 bits per heavy atom. The first-order valence-electron chi connectivity index (χ1n) is 6.95. The van der Waals surface area contributed by atoms with E-state index in [9.17, 15) is 4.79 Å². The molecule has 0 saturated carbocycles. The highest BCUT2D eigenvalue weighted by Crippen LogP contribution is 2.20. The lowest BCUT2D eigenvalue weighted by Crippen LogP contribution is -2.00. The lowest BCUT2D eigenvalue weighted by Gasteiger charge is -2.09. The Kier molecular flexibility index (Phi) is 7.26. The zero-order valence-electron chi connectivity index (χ0n) is 11.5. The van der Waals surface area contributed by atoms with Crippen molar-refractivity contribution in [3.8, 4) is 0 Å². The fourth-order valence-corrected chi connectivity index (χ4v) is 2.88. The quantitative estimate of drug-likeness (QED) is 0.462. The predicted octanol–water partition coefficient (Wildman–Crippen LogP) is 5.43. The van der Waals surface area contributed by atoms with Crippen LogP contribution in [0.5, 0.6) is 0 Å². The minimum absolute atomic E-state index is 0.0154. The van der Waals surface area contributed by atoms with Crippen LogP contribution in [0.2, 0.25) is 0 Å². The maximum atomic E-state index is 11.6. The Morgan fingerprint density at radius 2 is 1.78 bits per heavy atom. The second-order valence-corrected chi connectivity index (χ2v) is 5.62. The van der Waals surface area contributed by atoms with Crippen LogP contribution in [0, 0.1) is 6.92 Å². The SMILES string of the molecule is CCCCCCCCc1cccc(C)c1C(=O)Br. The molecule has 1 aromatic carbocycles. The molecule has 0 aliphatic rings. The lowest BCUT2D eigenvalue weighted by atomic mass is 9.98. The van der Waals surface area contributed by atoms with Gasteiger partial charge in [-0.3, -0.25) is 4.79 Å². The Hall–Kier alpha value is -0.630. The van der Waals surface area contributed by atoms with E-state index in [2.05, 4.69) is 28.9 Å².